The Balaban J connectivity index is 0.000000292. The Kier molecular flexibility index (Phi) is 8.49. The first-order valence-electron chi connectivity index (χ1n) is 9.20. The number of halogens is 2. The Labute approximate surface area is 171 Å². The molecule has 1 aliphatic rings. The monoisotopic (exact) mass is 405 g/mol. The second-order valence-corrected chi connectivity index (χ2v) is 7.16. The second-order valence-electron chi connectivity index (χ2n) is 7.16. The van der Waals surface area contributed by atoms with Crippen molar-refractivity contribution in [3.8, 4) is 0 Å². The number of hydrogen-bond donors (Lipinski definition) is 1. The van der Waals surface area contributed by atoms with Gasteiger partial charge < -0.3 is 9.84 Å². The molecule has 0 aromatic heterocycles. The van der Waals surface area contributed by atoms with E-state index in [1.54, 1.807) is 18.2 Å². The Morgan fingerprint density at radius 1 is 1.07 bits per heavy atom. The quantitative estimate of drug-likeness (QED) is 0.713. The first kappa shape index (κ1) is 24.3. The predicted octanol–water partition coefficient (Wildman–Crippen LogP) is 5.67. The molecule has 1 heterocycles. The number of hydrogen-bond acceptors (Lipinski definition) is 3. The number of carboxylic acids is 1. The first-order chi connectivity index (χ1) is 13.2. The molecule has 0 saturated carbocycles. The smallest absolute Gasteiger partial charge is 0.338 e. The van der Waals surface area contributed by atoms with Gasteiger partial charge in [0.05, 0.1) is 16.7 Å². The third-order valence-corrected chi connectivity index (χ3v) is 4.31. The number of aryl methyl sites for hydroxylation is 2. The van der Waals surface area contributed by atoms with Gasteiger partial charge in [-0.3, -0.25) is 0 Å². The molecule has 0 atom stereocenters. The molecule has 0 spiro atoms. The molecular formula is C23H29F2NO3. The van der Waals surface area contributed by atoms with Crippen LogP contribution >= 0.6 is 0 Å². The number of benzene rings is 2. The lowest BCUT2D eigenvalue weighted by molar-refractivity contribution is 0.0692. The molecule has 29 heavy (non-hydrogen) atoms. The highest BCUT2D eigenvalue weighted by molar-refractivity contribution is 5.95. The summed E-state index contributed by atoms with van der Waals surface area (Å²) in [5, 5.41) is 8.49. The van der Waals surface area contributed by atoms with E-state index in [0.717, 1.165) is 17.5 Å². The van der Waals surface area contributed by atoms with Crippen LogP contribution in [0.15, 0.2) is 41.4 Å². The second kappa shape index (κ2) is 10.1. The fourth-order valence-corrected chi connectivity index (χ4v) is 2.63. The first-order valence-corrected chi connectivity index (χ1v) is 9.20. The predicted molar refractivity (Wildman–Crippen MR) is 112 cm³/mol. The normalized spacial score (nSPS) is 14.1. The summed E-state index contributed by atoms with van der Waals surface area (Å²) in [6.07, 6.45) is 1.53. The topological polar surface area (TPSA) is 58.9 Å². The minimum atomic E-state index is -1.23. The van der Waals surface area contributed by atoms with Crippen molar-refractivity contribution in [3.63, 3.8) is 0 Å². The van der Waals surface area contributed by atoms with Gasteiger partial charge in [0, 0.05) is 0 Å². The van der Waals surface area contributed by atoms with E-state index in [2.05, 4.69) is 4.99 Å². The largest absolute Gasteiger partial charge is 0.478 e. The van der Waals surface area contributed by atoms with Crippen LogP contribution in [0.4, 0.5) is 8.78 Å². The van der Waals surface area contributed by atoms with Crippen LogP contribution in [0.3, 0.4) is 0 Å². The van der Waals surface area contributed by atoms with Crippen LogP contribution in [0.25, 0.3) is 0 Å². The van der Waals surface area contributed by atoms with E-state index in [1.807, 2.05) is 33.8 Å². The summed E-state index contributed by atoms with van der Waals surface area (Å²) >= 11 is 0. The van der Waals surface area contributed by atoms with Crippen LogP contribution in [0.2, 0.25) is 0 Å². The molecule has 0 bridgehead atoms. The van der Waals surface area contributed by atoms with Gasteiger partial charge in [0.15, 0.2) is 0 Å². The van der Waals surface area contributed by atoms with Crippen molar-refractivity contribution in [1.82, 2.24) is 0 Å². The third-order valence-electron chi connectivity index (χ3n) is 4.31. The summed E-state index contributed by atoms with van der Waals surface area (Å²) < 4.78 is 32.1. The molecule has 2 aromatic rings. The molecular weight excluding hydrogens is 376 g/mol. The van der Waals surface area contributed by atoms with Crippen molar-refractivity contribution in [2.75, 3.05) is 6.61 Å². The van der Waals surface area contributed by atoms with E-state index in [-0.39, 0.29) is 24.3 Å². The molecule has 0 unspecified atom stereocenters. The lowest BCUT2D eigenvalue weighted by Crippen LogP contribution is -2.17. The van der Waals surface area contributed by atoms with Crippen molar-refractivity contribution in [2.24, 2.45) is 4.99 Å². The lowest BCUT2D eigenvalue weighted by atomic mass is 10.1. The maximum Gasteiger partial charge on any atom is 0.338 e. The van der Waals surface area contributed by atoms with Gasteiger partial charge in [-0.05, 0) is 62.1 Å². The van der Waals surface area contributed by atoms with Gasteiger partial charge in [0.25, 0.3) is 0 Å². The molecule has 3 rings (SSSR count). The molecule has 0 aliphatic carbocycles. The van der Waals surface area contributed by atoms with Gasteiger partial charge in [-0.25, -0.2) is 18.6 Å². The van der Waals surface area contributed by atoms with E-state index >= 15 is 0 Å². The minimum Gasteiger partial charge on any atom is -0.478 e. The van der Waals surface area contributed by atoms with E-state index in [0.29, 0.717) is 24.5 Å². The van der Waals surface area contributed by atoms with Crippen molar-refractivity contribution in [3.05, 3.63) is 70.3 Å². The summed E-state index contributed by atoms with van der Waals surface area (Å²) in [5.74, 6) is -1.72. The number of carbonyl (C=O) groups is 1. The summed E-state index contributed by atoms with van der Waals surface area (Å²) in [7, 11) is 0. The SMILES string of the molecule is C.CCc1ccc(C(=O)O)c(F)c1.CCc1ccc(C2=NC(C)(C)CO2)c(F)c1. The van der Waals surface area contributed by atoms with Crippen LogP contribution < -0.4 is 0 Å². The Morgan fingerprint density at radius 2 is 1.62 bits per heavy atom. The van der Waals surface area contributed by atoms with Gasteiger partial charge >= 0.3 is 5.97 Å². The average molecular weight is 405 g/mol. The number of rotatable bonds is 4. The third kappa shape index (κ3) is 6.38. The molecule has 6 heteroatoms. The van der Waals surface area contributed by atoms with Gasteiger partial charge in [0.2, 0.25) is 5.90 Å². The standard InChI is InChI=1S/C13H16FNO.C9H9FO2.CH4/c1-4-9-5-6-10(11(14)7-9)12-15-13(2,3)8-16-12;1-2-6-3-4-7(9(11)12)8(10)5-6;/h5-7H,4,8H2,1-3H3;3-5H,2H2,1H3,(H,11,12);1H4. The minimum absolute atomic E-state index is 0. The van der Waals surface area contributed by atoms with E-state index in [1.165, 1.54) is 12.1 Å². The summed E-state index contributed by atoms with van der Waals surface area (Å²) in [5.41, 5.74) is 1.73. The van der Waals surface area contributed by atoms with Crippen LogP contribution in [-0.4, -0.2) is 29.1 Å². The van der Waals surface area contributed by atoms with Crippen molar-refractivity contribution >= 4 is 11.9 Å². The maximum absolute atomic E-state index is 13.8. The Morgan fingerprint density at radius 3 is 2.03 bits per heavy atom. The fraction of sp³-hybridized carbons (Fsp3) is 0.391. The van der Waals surface area contributed by atoms with Crippen LogP contribution in [0.1, 0.15) is 62.2 Å². The molecule has 1 aliphatic heterocycles. The molecule has 2 aromatic carbocycles. The molecule has 1 N–H and O–H groups in total. The Hall–Kier alpha value is -2.76. The highest BCUT2D eigenvalue weighted by atomic mass is 19.1. The van der Waals surface area contributed by atoms with Gasteiger partial charge in [-0.2, -0.15) is 0 Å². The number of ether oxygens (including phenoxy) is 1. The summed E-state index contributed by atoms with van der Waals surface area (Å²) in [6.45, 7) is 8.34. The maximum atomic E-state index is 13.8. The fourth-order valence-electron chi connectivity index (χ4n) is 2.63. The van der Waals surface area contributed by atoms with Gasteiger partial charge in [0.1, 0.15) is 18.2 Å². The van der Waals surface area contributed by atoms with Crippen LogP contribution in [0.5, 0.6) is 0 Å². The molecule has 0 saturated heterocycles. The Bertz CT molecular complexity index is 892. The van der Waals surface area contributed by atoms with Crippen LogP contribution in [0, 0.1) is 11.6 Å². The van der Waals surface area contributed by atoms with Crippen molar-refractivity contribution < 1.29 is 23.4 Å². The lowest BCUT2D eigenvalue weighted by Gasteiger charge is -2.07. The molecule has 0 radical (unpaired) electrons. The highest BCUT2D eigenvalue weighted by Gasteiger charge is 2.28. The number of aliphatic imine (C=N–C) groups is 1. The summed E-state index contributed by atoms with van der Waals surface area (Å²) in [6, 6.07) is 9.36. The van der Waals surface area contributed by atoms with Gasteiger partial charge in [-0.15, -0.1) is 0 Å². The zero-order valence-electron chi connectivity index (χ0n) is 16.6. The molecule has 0 amide bonds. The van der Waals surface area contributed by atoms with Crippen LogP contribution in [-0.2, 0) is 17.6 Å². The highest BCUT2D eigenvalue weighted by Crippen LogP contribution is 2.22. The molecule has 158 valence electrons. The van der Waals surface area contributed by atoms with E-state index in [9.17, 15) is 13.6 Å². The van der Waals surface area contributed by atoms with E-state index < -0.39 is 11.8 Å². The average Bonchev–Trinajstić information content (AvgIpc) is 3.01. The van der Waals surface area contributed by atoms with Crippen molar-refractivity contribution in [1.29, 1.82) is 0 Å². The zero-order valence-corrected chi connectivity index (χ0v) is 16.6. The number of nitrogens with zero attached hydrogens (tertiary/aromatic N) is 1. The summed E-state index contributed by atoms with van der Waals surface area (Å²) in [4.78, 5) is 14.7. The molecule has 4 nitrogen and oxygen atoms in total. The van der Waals surface area contributed by atoms with E-state index in [4.69, 9.17) is 9.84 Å². The molecule has 0 fully saturated rings. The zero-order chi connectivity index (χ0) is 20.9. The number of aromatic carboxylic acids is 1. The van der Waals surface area contributed by atoms with Crippen molar-refractivity contribution in [2.45, 2.75) is 53.5 Å². The number of carboxylic acid groups (broad SMARTS) is 1. The van der Waals surface area contributed by atoms with Gasteiger partial charge in [-0.1, -0.05) is 33.4 Å².